The van der Waals surface area contributed by atoms with E-state index in [4.69, 9.17) is 0 Å². The third-order valence-corrected chi connectivity index (χ3v) is 1.98. The van der Waals surface area contributed by atoms with Gasteiger partial charge in [0.25, 0.3) is 0 Å². The molecule has 1 aromatic rings. The quantitative estimate of drug-likeness (QED) is 0.446. The van der Waals surface area contributed by atoms with Crippen LogP contribution in [0.15, 0.2) is 30.3 Å². The van der Waals surface area contributed by atoms with Gasteiger partial charge in [-0.3, -0.25) is 9.59 Å². The summed E-state index contributed by atoms with van der Waals surface area (Å²) >= 11 is 0. The Balaban J connectivity index is 0.00000225. The van der Waals surface area contributed by atoms with E-state index in [2.05, 4.69) is 4.74 Å². The van der Waals surface area contributed by atoms with Crippen molar-refractivity contribution in [3.05, 3.63) is 35.9 Å². The number of esters is 2. The van der Waals surface area contributed by atoms with Gasteiger partial charge in [-0.25, -0.2) is 0 Å². The third kappa shape index (κ3) is 6.05. The molecule has 16 heavy (non-hydrogen) atoms. The summed E-state index contributed by atoms with van der Waals surface area (Å²) in [6.07, 6.45) is 1.09. The number of hydrogen-bond acceptors (Lipinski definition) is 3. The van der Waals surface area contributed by atoms with Crippen LogP contribution in [0.3, 0.4) is 0 Å². The molecule has 0 heterocycles. The number of carbonyl (C=O) groups is 2. The van der Waals surface area contributed by atoms with Crippen molar-refractivity contribution in [2.24, 2.45) is 0 Å². The van der Waals surface area contributed by atoms with Crippen molar-refractivity contribution in [2.45, 2.75) is 26.2 Å². The second-order valence-electron chi connectivity index (χ2n) is 3.19. The first-order chi connectivity index (χ1) is 7.22. The third-order valence-electron chi connectivity index (χ3n) is 1.98. The average Bonchev–Trinajstić information content (AvgIpc) is 2.27. The standard InChI is InChI=1S/C12H14O3.Na.H/c1-2-11(13)15-12(14)9-8-10-6-4-3-5-7-10;;/h3-7H,2,8-9H2,1H3;;. The van der Waals surface area contributed by atoms with E-state index in [9.17, 15) is 9.59 Å². The van der Waals surface area contributed by atoms with Gasteiger partial charge in [-0.2, -0.15) is 0 Å². The predicted octanol–water partition coefficient (Wildman–Crippen LogP) is 1.45. The minimum absolute atomic E-state index is 0. The molecule has 0 N–H and O–H groups in total. The monoisotopic (exact) mass is 230 g/mol. The molecule has 82 valence electrons. The van der Waals surface area contributed by atoms with Crippen LogP contribution in [0.2, 0.25) is 0 Å². The number of benzene rings is 1. The molecular formula is C12H15NaO3. The topological polar surface area (TPSA) is 43.4 Å². The summed E-state index contributed by atoms with van der Waals surface area (Å²) in [6.45, 7) is 1.66. The van der Waals surface area contributed by atoms with Crippen LogP contribution < -0.4 is 0 Å². The molecule has 0 fully saturated rings. The Kier molecular flexibility index (Phi) is 8.16. The molecule has 0 atom stereocenters. The summed E-state index contributed by atoms with van der Waals surface area (Å²) in [5.74, 6) is -0.918. The van der Waals surface area contributed by atoms with E-state index in [1.54, 1.807) is 6.92 Å². The summed E-state index contributed by atoms with van der Waals surface area (Å²) in [7, 11) is 0. The van der Waals surface area contributed by atoms with Gasteiger partial charge in [0.2, 0.25) is 0 Å². The minimum atomic E-state index is -0.465. The van der Waals surface area contributed by atoms with E-state index in [-0.39, 0.29) is 42.4 Å². The van der Waals surface area contributed by atoms with Gasteiger partial charge in [0.1, 0.15) is 0 Å². The molecule has 0 aliphatic carbocycles. The van der Waals surface area contributed by atoms with Gasteiger partial charge in [0.15, 0.2) is 0 Å². The molecule has 0 saturated heterocycles. The van der Waals surface area contributed by atoms with E-state index in [0.29, 0.717) is 6.42 Å². The summed E-state index contributed by atoms with van der Waals surface area (Å²) in [5.41, 5.74) is 1.07. The first-order valence-electron chi connectivity index (χ1n) is 4.99. The van der Waals surface area contributed by atoms with Gasteiger partial charge < -0.3 is 4.74 Å². The molecule has 0 spiro atoms. The zero-order valence-corrected chi connectivity index (χ0v) is 8.73. The molecule has 1 rings (SSSR count). The van der Waals surface area contributed by atoms with E-state index in [0.717, 1.165) is 5.56 Å². The summed E-state index contributed by atoms with van der Waals surface area (Å²) in [6, 6.07) is 9.63. The van der Waals surface area contributed by atoms with E-state index in [1.807, 2.05) is 30.3 Å². The Morgan fingerprint density at radius 3 is 2.31 bits per heavy atom. The molecule has 0 aliphatic heterocycles. The fraction of sp³-hybridized carbons (Fsp3) is 0.333. The molecule has 0 amide bonds. The summed E-state index contributed by atoms with van der Waals surface area (Å²) in [4.78, 5) is 21.9. The average molecular weight is 230 g/mol. The zero-order chi connectivity index (χ0) is 11.1. The number of carbonyl (C=O) groups excluding carboxylic acids is 2. The van der Waals surface area contributed by atoms with Crippen molar-refractivity contribution in [3.8, 4) is 0 Å². The fourth-order valence-electron chi connectivity index (χ4n) is 1.14. The van der Waals surface area contributed by atoms with Gasteiger partial charge in [-0.15, -0.1) is 0 Å². The van der Waals surface area contributed by atoms with Crippen LogP contribution in [0.5, 0.6) is 0 Å². The second kappa shape index (κ2) is 8.50. The van der Waals surface area contributed by atoms with Crippen LogP contribution in [-0.4, -0.2) is 41.5 Å². The van der Waals surface area contributed by atoms with Gasteiger partial charge >= 0.3 is 41.5 Å². The van der Waals surface area contributed by atoms with Gasteiger partial charge in [0.05, 0.1) is 6.42 Å². The predicted molar refractivity (Wildman–Crippen MR) is 63.3 cm³/mol. The van der Waals surface area contributed by atoms with Gasteiger partial charge in [0, 0.05) is 6.42 Å². The van der Waals surface area contributed by atoms with Gasteiger partial charge in [-0.05, 0) is 12.0 Å². The molecule has 0 aliphatic rings. The Labute approximate surface area is 117 Å². The zero-order valence-electron chi connectivity index (χ0n) is 8.73. The Morgan fingerprint density at radius 2 is 1.75 bits per heavy atom. The van der Waals surface area contributed by atoms with Crippen LogP contribution in [0.1, 0.15) is 25.3 Å². The first-order valence-corrected chi connectivity index (χ1v) is 4.99. The molecule has 4 heteroatoms. The number of aryl methyl sites for hydroxylation is 1. The van der Waals surface area contributed by atoms with E-state index >= 15 is 0 Å². The maximum atomic E-state index is 11.1. The van der Waals surface area contributed by atoms with Crippen LogP contribution in [0.4, 0.5) is 0 Å². The fourth-order valence-corrected chi connectivity index (χ4v) is 1.14. The Bertz CT molecular complexity index is 335. The SMILES string of the molecule is CCC(=O)OC(=O)CCc1ccccc1.[NaH]. The molecule has 0 bridgehead atoms. The van der Waals surface area contributed by atoms with Crippen molar-refractivity contribution >= 4 is 41.5 Å². The number of ether oxygens (including phenoxy) is 1. The van der Waals surface area contributed by atoms with Crippen LogP contribution >= 0.6 is 0 Å². The van der Waals surface area contributed by atoms with Crippen LogP contribution in [-0.2, 0) is 20.7 Å². The molecule has 0 aromatic heterocycles. The van der Waals surface area contributed by atoms with Crippen LogP contribution in [0.25, 0.3) is 0 Å². The van der Waals surface area contributed by atoms with Crippen molar-refractivity contribution in [1.29, 1.82) is 0 Å². The number of hydrogen-bond donors (Lipinski definition) is 0. The molecule has 0 radical (unpaired) electrons. The Morgan fingerprint density at radius 1 is 1.12 bits per heavy atom. The Hall–Kier alpha value is -0.640. The maximum absolute atomic E-state index is 11.1. The number of rotatable bonds is 4. The van der Waals surface area contributed by atoms with Crippen molar-refractivity contribution < 1.29 is 14.3 Å². The van der Waals surface area contributed by atoms with E-state index in [1.165, 1.54) is 0 Å². The summed E-state index contributed by atoms with van der Waals surface area (Å²) < 4.78 is 4.54. The molecule has 1 aromatic carbocycles. The molecule has 3 nitrogen and oxygen atoms in total. The van der Waals surface area contributed by atoms with Crippen molar-refractivity contribution in [2.75, 3.05) is 0 Å². The van der Waals surface area contributed by atoms with Crippen LogP contribution in [0, 0.1) is 0 Å². The first kappa shape index (κ1) is 15.4. The van der Waals surface area contributed by atoms with Crippen molar-refractivity contribution in [1.82, 2.24) is 0 Å². The summed E-state index contributed by atoms with van der Waals surface area (Å²) in [5, 5.41) is 0. The normalized spacial score (nSPS) is 9.06. The van der Waals surface area contributed by atoms with E-state index < -0.39 is 11.9 Å². The second-order valence-corrected chi connectivity index (χ2v) is 3.19. The van der Waals surface area contributed by atoms with Crippen molar-refractivity contribution in [3.63, 3.8) is 0 Å². The molecule has 0 unspecified atom stereocenters. The van der Waals surface area contributed by atoms with Gasteiger partial charge in [-0.1, -0.05) is 37.3 Å². The molecular weight excluding hydrogens is 215 g/mol. The molecule has 0 saturated carbocycles.